The molecular formula is C15H19NO. The summed E-state index contributed by atoms with van der Waals surface area (Å²) in [5, 5.41) is 10.3. The van der Waals surface area contributed by atoms with E-state index >= 15 is 0 Å². The second-order valence-corrected chi connectivity index (χ2v) is 5.25. The van der Waals surface area contributed by atoms with Crippen molar-refractivity contribution in [3.63, 3.8) is 0 Å². The summed E-state index contributed by atoms with van der Waals surface area (Å²) in [5.41, 5.74) is 3.59. The molecule has 0 unspecified atom stereocenters. The molecule has 1 atom stereocenters. The van der Waals surface area contributed by atoms with Crippen LogP contribution < -0.4 is 0 Å². The van der Waals surface area contributed by atoms with Gasteiger partial charge in [-0.1, -0.05) is 29.8 Å². The number of aryl methyl sites for hydroxylation is 1. The van der Waals surface area contributed by atoms with Crippen LogP contribution in [0.15, 0.2) is 30.0 Å². The third-order valence-electron chi connectivity index (χ3n) is 4.01. The van der Waals surface area contributed by atoms with Crippen LogP contribution in [0.5, 0.6) is 0 Å². The van der Waals surface area contributed by atoms with Crippen LogP contribution in [0.2, 0.25) is 0 Å². The molecule has 0 saturated carbocycles. The number of piperidine rings is 3. The number of hydrogen-bond acceptors (Lipinski definition) is 2. The molecule has 3 aliphatic rings. The van der Waals surface area contributed by atoms with Gasteiger partial charge in [-0.3, -0.25) is 0 Å². The molecule has 17 heavy (non-hydrogen) atoms. The Balaban J connectivity index is 1.93. The molecule has 4 rings (SSSR count). The molecule has 90 valence electrons. The monoisotopic (exact) mass is 229 g/mol. The fraction of sp³-hybridized carbons (Fsp3) is 0.467. The molecular weight excluding hydrogens is 210 g/mol. The lowest BCUT2D eigenvalue weighted by molar-refractivity contribution is 0.0215. The Labute approximate surface area is 103 Å². The molecule has 3 saturated heterocycles. The number of aliphatic hydroxyl groups excluding tert-OH is 1. The van der Waals surface area contributed by atoms with E-state index in [0.29, 0.717) is 5.92 Å². The molecule has 0 radical (unpaired) electrons. The topological polar surface area (TPSA) is 23.5 Å². The van der Waals surface area contributed by atoms with Crippen LogP contribution >= 0.6 is 0 Å². The van der Waals surface area contributed by atoms with E-state index in [1.54, 1.807) is 0 Å². The number of rotatable bonds is 1. The Morgan fingerprint density at radius 2 is 2.06 bits per heavy atom. The van der Waals surface area contributed by atoms with Crippen molar-refractivity contribution < 1.29 is 5.11 Å². The number of fused-ring (bicyclic) bond motifs is 3. The Morgan fingerprint density at radius 3 is 2.71 bits per heavy atom. The number of benzene rings is 1. The van der Waals surface area contributed by atoms with Gasteiger partial charge in [0, 0.05) is 18.8 Å². The van der Waals surface area contributed by atoms with Crippen molar-refractivity contribution in [3.05, 3.63) is 41.1 Å². The first kappa shape index (κ1) is 10.8. The molecule has 2 bridgehead atoms. The van der Waals surface area contributed by atoms with Crippen LogP contribution in [0.3, 0.4) is 0 Å². The summed E-state index contributed by atoms with van der Waals surface area (Å²) in [5.74, 6) is 0.482. The van der Waals surface area contributed by atoms with E-state index in [0.717, 1.165) is 31.6 Å². The fourth-order valence-electron chi connectivity index (χ4n) is 3.01. The standard InChI is InChI=1S/C15H19NO/c1-11-3-2-4-12(9-11)10-14-15(17)13-5-7-16(14)8-6-13/h2-4,9-10,13,15,17H,5-8H2,1H3/b14-10-/t15-/m0/s1. The van der Waals surface area contributed by atoms with Crippen molar-refractivity contribution in [2.24, 2.45) is 5.92 Å². The smallest absolute Gasteiger partial charge is 0.0965 e. The van der Waals surface area contributed by atoms with E-state index in [2.05, 4.69) is 42.2 Å². The SMILES string of the molecule is Cc1cccc(/C=C2/[C@@H](O)C3CCN2CC3)c1. The quantitative estimate of drug-likeness (QED) is 0.799. The number of hydrogen-bond donors (Lipinski definition) is 1. The van der Waals surface area contributed by atoms with E-state index < -0.39 is 0 Å². The first-order valence-corrected chi connectivity index (χ1v) is 6.45. The summed E-state index contributed by atoms with van der Waals surface area (Å²) < 4.78 is 0. The predicted molar refractivity (Wildman–Crippen MR) is 69.5 cm³/mol. The minimum Gasteiger partial charge on any atom is -0.387 e. The van der Waals surface area contributed by atoms with Gasteiger partial charge in [-0.25, -0.2) is 0 Å². The fourth-order valence-corrected chi connectivity index (χ4v) is 3.01. The van der Waals surface area contributed by atoms with Crippen LogP contribution in [0.4, 0.5) is 0 Å². The van der Waals surface area contributed by atoms with Crippen molar-refractivity contribution in [2.75, 3.05) is 13.1 Å². The summed E-state index contributed by atoms with van der Waals surface area (Å²) in [6.07, 6.45) is 4.19. The van der Waals surface area contributed by atoms with E-state index in [-0.39, 0.29) is 6.10 Å². The summed E-state index contributed by atoms with van der Waals surface area (Å²) in [4.78, 5) is 2.34. The molecule has 0 amide bonds. The van der Waals surface area contributed by atoms with Gasteiger partial charge in [0.25, 0.3) is 0 Å². The van der Waals surface area contributed by atoms with Gasteiger partial charge >= 0.3 is 0 Å². The summed E-state index contributed by atoms with van der Waals surface area (Å²) >= 11 is 0. The molecule has 0 spiro atoms. The second-order valence-electron chi connectivity index (χ2n) is 5.25. The third kappa shape index (κ3) is 1.98. The van der Waals surface area contributed by atoms with Crippen LogP contribution in [0, 0.1) is 12.8 Å². The minimum absolute atomic E-state index is 0.252. The maximum atomic E-state index is 10.3. The highest BCUT2D eigenvalue weighted by molar-refractivity contribution is 5.55. The zero-order chi connectivity index (χ0) is 11.8. The molecule has 1 aromatic carbocycles. The summed E-state index contributed by atoms with van der Waals surface area (Å²) in [7, 11) is 0. The van der Waals surface area contributed by atoms with Crippen molar-refractivity contribution in [1.82, 2.24) is 4.90 Å². The Morgan fingerprint density at radius 1 is 1.29 bits per heavy atom. The molecule has 3 heterocycles. The van der Waals surface area contributed by atoms with Gasteiger partial charge in [0.05, 0.1) is 6.10 Å². The van der Waals surface area contributed by atoms with Crippen molar-refractivity contribution in [3.8, 4) is 0 Å². The van der Waals surface area contributed by atoms with Gasteiger partial charge in [0.2, 0.25) is 0 Å². The Hall–Kier alpha value is -1.28. The lowest BCUT2D eigenvalue weighted by Gasteiger charge is -2.45. The largest absolute Gasteiger partial charge is 0.387 e. The lowest BCUT2D eigenvalue weighted by Crippen LogP contribution is -2.48. The number of aliphatic hydroxyl groups is 1. The van der Waals surface area contributed by atoms with E-state index in [4.69, 9.17) is 0 Å². The second kappa shape index (κ2) is 4.19. The van der Waals surface area contributed by atoms with E-state index in [1.807, 2.05) is 0 Å². The average Bonchev–Trinajstić information content (AvgIpc) is 2.34. The molecule has 0 aliphatic carbocycles. The normalized spacial score (nSPS) is 30.0. The van der Waals surface area contributed by atoms with Gasteiger partial charge in [-0.15, -0.1) is 0 Å². The van der Waals surface area contributed by atoms with Crippen molar-refractivity contribution in [1.29, 1.82) is 0 Å². The summed E-state index contributed by atoms with van der Waals surface area (Å²) in [6, 6.07) is 8.45. The van der Waals surface area contributed by atoms with Crippen molar-refractivity contribution in [2.45, 2.75) is 25.9 Å². The highest BCUT2D eigenvalue weighted by atomic mass is 16.3. The van der Waals surface area contributed by atoms with Crippen LogP contribution in [-0.4, -0.2) is 29.2 Å². The van der Waals surface area contributed by atoms with Gasteiger partial charge in [-0.05, 0) is 37.3 Å². The highest BCUT2D eigenvalue weighted by Crippen LogP contribution is 2.35. The van der Waals surface area contributed by atoms with Gasteiger partial charge in [0.15, 0.2) is 0 Å². The molecule has 2 heteroatoms. The van der Waals surface area contributed by atoms with E-state index in [9.17, 15) is 5.11 Å². The maximum absolute atomic E-state index is 10.3. The molecule has 1 aromatic rings. The number of nitrogens with zero attached hydrogens (tertiary/aromatic N) is 1. The maximum Gasteiger partial charge on any atom is 0.0965 e. The van der Waals surface area contributed by atoms with Crippen molar-refractivity contribution >= 4 is 6.08 Å². The molecule has 0 aromatic heterocycles. The van der Waals surface area contributed by atoms with Gasteiger partial charge in [-0.2, -0.15) is 0 Å². The first-order chi connectivity index (χ1) is 8.24. The Kier molecular flexibility index (Phi) is 2.67. The third-order valence-corrected chi connectivity index (χ3v) is 4.01. The molecule has 3 fully saturated rings. The zero-order valence-corrected chi connectivity index (χ0v) is 10.3. The first-order valence-electron chi connectivity index (χ1n) is 6.45. The van der Waals surface area contributed by atoms with Crippen LogP contribution in [0.1, 0.15) is 24.0 Å². The van der Waals surface area contributed by atoms with Crippen LogP contribution in [-0.2, 0) is 0 Å². The molecule has 2 nitrogen and oxygen atoms in total. The van der Waals surface area contributed by atoms with E-state index in [1.165, 1.54) is 11.1 Å². The zero-order valence-electron chi connectivity index (χ0n) is 10.3. The molecule has 3 aliphatic heterocycles. The minimum atomic E-state index is -0.252. The van der Waals surface area contributed by atoms with Crippen LogP contribution in [0.25, 0.3) is 6.08 Å². The highest BCUT2D eigenvalue weighted by Gasteiger charge is 2.36. The summed E-state index contributed by atoms with van der Waals surface area (Å²) in [6.45, 7) is 4.32. The Bertz CT molecular complexity index is 440. The van der Waals surface area contributed by atoms with Gasteiger partial charge < -0.3 is 10.0 Å². The predicted octanol–water partition coefficient (Wildman–Crippen LogP) is 2.42. The lowest BCUT2D eigenvalue weighted by atomic mass is 9.83. The average molecular weight is 229 g/mol. The van der Waals surface area contributed by atoms with Gasteiger partial charge in [0.1, 0.15) is 0 Å². The molecule has 1 N–H and O–H groups in total.